The molecule has 124 valence electrons. The largest absolute Gasteiger partial charge is 0.480 e. The molecule has 0 bridgehead atoms. The highest BCUT2D eigenvalue weighted by atomic mass is 19.4. The van der Waals surface area contributed by atoms with Crippen LogP contribution >= 0.6 is 0 Å². The summed E-state index contributed by atoms with van der Waals surface area (Å²) < 4.78 is 37.3. The highest BCUT2D eigenvalue weighted by Crippen LogP contribution is 2.29. The van der Waals surface area contributed by atoms with Gasteiger partial charge in [-0.1, -0.05) is 12.1 Å². The van der Waals surface area contributed by atoms with Gasteiger partial charge in [0, 0.05) is 6.42 Å². The Bertz CT molecular complexity index is 591. The topological polar surface area (TPSA) is 90.2 Å². The number of carbonyl (C=O) groups excluding carboxylic acids is 1. The lowest BCUT2D eigenvalue weighted by atomic mass is 10.1. The minimum absolute atomic E-state index is 0.113. The zero-order chi connectivity index (χ0) is 17.5. The predicted molar refractivity (Wildman–Crippen MR) is 74.2 cm³/mol. The van der Waals surface area contributed by atoms with Crippen molar-refractivity contribution in [2.45, 2.75) is 37.9 Å². The fraction of sp³-hybridized carbons (Fsp3) is 0.400. The molecule has 1 amide bonds. The Kier molecular flexibility index (Phi) is 6.57. The van der Waals surface area contributed by atoms with Crippen LogP contribution in [-0.4, -0.2) is 23.0 Å². The summed E-state index contributed by atoms with van der Waals surface area (Å²) in [7, 11) is 0. The first-order chi connectivity index (χ1) is 10.7. The number of unbranched alkanes of at least 4 members (excludes halogenated alkanes) is 1. The number of halogens is 3. The van der Waals surface area contributed by atoms with Crippen molar-refractivity contribution in [2.24, 2.45) is 0 Å². The van der Waals surface area contributed by atoms with Gasteiger partial charge in [-0.25, -0.2) is 4.79 Å². The molecule has 1 aromatic rings. The van der Waals surface area contributed by atoms with E-state index < -0.39 is 29.7 Å². The van der Waals surface area contributed by atoms with E-state index in [0.29, 0.717) is 12.0 Å². The van der Waals surface area contributed by atoms with Crippen LogP contribution < -0.4 is 5.32 Å². The third-order valence-electron chi connectivity index (χ3n) is 3.06. The summed E-state index contributed by atoms with van der Waals surface area (Å²) in [6.07, 6.45) is -4.05. The van der Waals surface area contributed by atoms with Gasteiger partial charge < -0.3 is 10.4 Å². The number of nitrogens with one attached hydrogen (secondary N) is 1. The molecule has 0 spiro atoms. The molecule has 0 aliphatic rings. The number of rotatable bonds is 7. The number of carbonyl (C=O) groups is 2. The molecule has 0 aliphatic carbocycles. The van der Waals surface area contributed by atoms with Crippen LogP contribution in [0, 0.1) is 11.3 Å². The number of hydrogen-bond donors (Lipinski definition) is 2. The van der Waals surface area contributed by atoms with E-state index in [-0.39, 0.29) is 19.3 Å². The van der Waals surface area contributed by atoms with Gasteiger partial charge in [0.1, 0.15) is 6.04 Å². The molecule has 23 heavy (non-hydrogen) atoms. The zero-order valence-corrected chi connectivity index (χ0v) is 12.1. The standard InChI is InChI=1S/C15H15F3N2O3/c16-15(17,18)11-6-4-10(5-7-11)9-13(21)20-12(14(22)23)3-1-2-8-19/h4-7,12H,1-3,9H2,(H,20,21)(H,22,23)/t12-/m0/s1. The normalized spacial score (nSPS) is 12.3. The molecule has 0 unspecified atom stereocenters. The number of benzene rings is 1. The van der Waals surface area contributed by atoms with Crippen molar-refractivity contribution in [3.05, 3.63) is 35.4 Å². The molecule has 0 fully saturated rings. The molecule has 2 N–H and O–H groups in total. The van der Waals surface area contributed by atoms with E-state index in [1.165, 1.54) is 12.1 Å². The summed E-state index contributed by atoms with van der Waals surface area (Å²) >= 11 is 0. The van der Waals surface area contributed by atoms with Crippen LogP contribution in [0.25, 0.3) is 0 Å². The van der Waals surface area contributed by atoms with Crippen LogP contribution in [0.4, 0.5) is 13.2 Å². The van der Waals surface area contributed by atoms with Gasteiger partial charge in [-0.2, -0.15) is 18.4 Å². The van der Waals surface area contributed by atoms with Crippen molar-refractivity contribution in [1.82, 2.24) is 5.32 Å². The molecule has 5 nitrogen and oxygen atoms in total. The summed E-state index contributed by atoms with van der Waals surface area (Å²) in [6.45, 7) is 0. The lowest BCUT2D eigenvalue weighted by Crippen LogP contribution is -2.41. The second kappa shape index (κ2) is 8.17. The summed E-state index contributed by atoms with van der Waals surface area (Å²) in [6, 6.07) is 4.83. The maximum absolute atomic E-state index is 12.4. The summed E-state index contributed by atoms with van der Waals surface area (Å²) in [5.41, 5.74) is -0.474. The monoisotopic (exact) mass is 328 g/mol. The van der Waals surface area contributed by atoms with Gasteiger partial charge in [0.25, 0.3) is 0 Å². The highest BCUT2D eigenvalue weighted by molar-refractivity contribution is 5.84. The first kappa shape index (κ1) is 18.5. The number of carboxylic acids is 1. The molecule has 0 saturated carbocycles. The summed E-state index contributed by atoms with van der Waals surface area (Å²) in [5, 5.41) is 19.7. The Morgan fingerprint density at radius 3 is 2.35 bits per heavy atom. The molecule has 8 heteroatoms. The Hall–Kier alpha value is -2.56. The third-order valence-corrected chi connectivity index (χ3v) is 3.06. The molecule has 1 rings (SSSR count). The molecular weight excluding hydrogens is 313 g/mol. The quantitative estimate of drug-likeness (QED) is 0.753. The zero-order valence-electron chi connectivity index (χ0n) is 12.1. The van der Waals surface area contributed by atoms with Gasteiger partial charge >= 0.3 is 12.1 Å². The maximum Gasteiger partial charge on any atom is 0.416 e. The summed E-state index contributed by atoms with van der Waals surface area (Å²) in [5.74, 6) is -1.82. The number of amides is 1. The first-order valence-corrected chi connectivity index (χ1v) is 6.79. The fourth-order valence-electron chi connectivity index (χ4n) is 1.88. The highest BCUT2D eigenvalue weighted by Gasteiger charge is 2.30. The predicted octanol–water partition coefficient (Wildman–Crippen LogP) is 2.51. The van der Waals surface area contributed by atoms with Crippen molar-refractivity contribution in [3.63, 3.8) is 0 Å². The van der Waals surface area contributed by atoms with E-state index in [0.717, 1.165) is 12.1 Å². The number of hydrogen-bond acceptors (Lipinski definition) is 3. The minimum atomic E-state index is -4.45. The molecule has 0 heterocycles. The second-order valence-corrected chi connectivity index (χ2v) is 4.88. The minimum Gasteiger partial charge on any atom is -0.480 e. The SMILES string of the molecule is N#CCCC[C@H](NC(=O)Cc1ccc(C(F)(F)F)cc1)C(=O)O. The van der Waals surface area contributed by atoms with Gasteiger partial charge in [0.05, 0.1) is 18.1 Å². The second-order valence-electron chi connectivity index (χ2n) is 4.88. The van der Waals surface area contributed by atoms with Gasteiger partial charge in [-0.05, 0) is 30.5 Å². The Morgan fingerprint density at radius 2 is 1.87 bits per heavy atom. The number of aliphatic carboxylic acids is 1. The Morgan fingerprint density at radius 1 is 1.26 bits per heavy atom. The van der Waals surface area contributed by atoms with Gasteiger partial charge in [0.2, 0.25) is 5.91 Å². The molecule has 0 aromatic heterocycles. The average molecular weight is 328 g/mol. The molecule has 0 saturated heterocycles. The van der Waals surface area contributed by atoms with Crippen LogP contribution in [-0.2, 0) is 22.2 Å². The van der Waals surface area contributed by atoms with E-state index in [1.807, 2.05) is 6.07 Å². The fourth-order valence-corrected chi connectivity index (χ4v) is 1.88. The number of alkyl halides is 3. The average Bonchev–Trinajstić information content (AvgIpc) is 2.45. The van der Waals surface area contributed by atoms with Crippen molar-refractivity contribution in [2.75, 3.05) is 0 Å². The molecular formula is C15H15F3N2O3. The van der Waals surface area contributed by atoms with Crippen LogP contribution in [0.2, 0.25) is 0 Å². The Balaban J connectivity index is 2.61. The van der Waals surface area contributed by atoms with Gasteiger partial charge in [-0.3, -0.25) is 4.79 Å². The summed E-state index contributed by atoms with van der Waals surface area (Å²) in [4.78, 5) is 22.8. The lowest BCUT2D eigenvalue weighted by Gasteiger charge is -2.14. The smallest absolute Gasteiger partial charge is 0.416 e. The van der Waals surface area contributed by atoms with E-state index in [4.69, 9.17) is 10.4 Å². The van der Waals surface area contributed by atoms with Crippen molar-refractivity contribution in [1.29, 1.82) is 5.26 Å². The van der Waals surface area contributed by atoms with Crippen molar-refractivity contribution >= 4 is 11.9 Å². The molecule has 1 atom stereocenters. The molecule has 1 aromatic carbocycles. The van der Waals surface area contributed by atoms with E-state index in [1.54, 1.807) is 0 Å². The van der Waals surface area contributed by atoms with Crippen molar-refractivity contribution in [3.8, 4) is 6.07 Å². The van der Waals surface area contributed by atoms with Crippen LogP contribution in [0.1, 0.15) is 30.4 Å². The van der Waals surface area contributed by atoms with E-state index in [2.05, 4.69) is 5.32 Å². The number of nitriles is 1. The number of nitrogens with zero attached hydrogens (tertiary/aromatic N) is 1. The number of carboxylic acid groups (broad SMARTS) is 1. The maximum atomic E-state index is 12.4. The van der Waals surface area contributed by atoms with Gasteiger partial charge in [0.15, 0.2) is 0 Å². The van der Waals surface area contributed by atoms with E-state index >= 15 is 0 Å². The van der Waals surface area contributed by atoms with Crippen LogP contribution in [0.5, 0.6) is 0 Å². The van der Waals surface area contributed by atoms with E-state index in [9.17, 15) is 22.8 Å². The van der Waals surface area contributed by atoms with Crippen LogP contribution in [0.15, 0.2) is 24.3 Å². The van der Waals surface area contributed by atoms with Gasteiger partial charge in [-0.15, -0.1) is 0 Å². The molecule has 0 radical (unpaired) electrons. The third kappa shape index (κ3) is 6.38. The first-order valence-electron chi connectivity index (χ1n) is 6.79. The lowest BCUT2D eigenvalue weighted by molar-refractivity contribution is -0.142. The molecule has 0 aliphatic heterocycles. The Labute approximate surface area is 130 Å². The van der Waals surface area contributed by atoms with Crippen molar-refractivity contribution < 1.29 is 27.9 Å². The van der Waals surface area contributed by atoms with Crippen LogP contribution in [0.3, 0.4) is 0 Å².